The van der Waals surface area contributed by atoms with Crippen molar-refractivity contribution in [3.8, 4) is 0 Å². The lowest BCUT2D eigenvalue weighted by Crippen LogP contribution is -2.24. The summed E-state index contributed by atoms with van der Waals surface area (Å²) in [6.07, 6.45) is 4.71. The first kappa shape index (κ1) is 13.7. The molecule has 2 N–H and O–H groups in total. The molecule has 0 spiro atoms. The maximum Gasteiger partial charge on any atom is 0.307 e. The van der Waals surface area contributed by atoms with E-state index in [1.54, 1.807) is 6.08 Å². The number of carboxylic acids is 1. The van der Waals surface area contributed by atoms with Gasteiger partial charge < -0.3 is 10.4 Å². The number of amides is 1. The van der Waals surface area contributed by atoms with Gasteiger partial charge in [0.05, 0.1) is 6.42 Å². The molecule has 86 valence electrons. The SMILES string of the molecule is CCC(C)CC(=O)NC/C=C/CC(=O)O. The smallest absolute Gasteiger partial charge is 0.307 e. The molecule has 0 aromatic rings. The minimum absolute atomic E-state index is 0.00122. The van der Waals surface area contributed by atoms with Crippen molar-refractivity contribution in [2.45, 2.75) is 33.1 Å². The van der Waals surface area contributed by atoms with Crippen LogP contribution in [0.4, 0.5) is 0 Å². The molecule has 0 bridgehead atoms. The molecule has 0 heterocycles. The Morgan fingerprint density at radius 3 is 2.60 bits per heavy atom. The van der Waals surface area contributed by atoms with E-state index >= 15 is 0 Å². The summed E-state index contributed by atoms with van der Waals surface area (Å²) in [4.78, 5) is 21.4. The van der Waals surface area contributed by atoms with Gasteiger partial charge in [0.15, 0.2) is 0 Å². The second-order valence-electron chi connectivity index (χ2n) is 3.59. The number of rotatable bonds is 7. The molecule has 0 aliphatic rings. The van der Waals surface area contributed by atoms with Crippen molar-refractivity contribution < 1.29 is 14.7 Å². The molecule has 0 aliphatic heterocycles. The first-order valence-electron chi connectivity index (χ1n) is 5.19. The molecule has 0 fully saturated rings. The number of nitrogens with one attached hydrogen (secondary N) is 1. The summed E-state index contributed by atoms with van der Waals surface area (Å²) in [6.45, 7) is 4.48. The van der Waals surface area contributed by atoms with Crippen molar-refractivity contribution >= 4 is 11.9 Å². The van der Waals surface area contributed by atoms with Crippen LogP contribution in [0.1, 0.15) is 33.1 Å². The highest BCUT2D eigenvalue weighted by Crippen LogP contribution is 2.05. The Morgan fingerprint density at radius 2 is 2.07 bits per heavy atom. The fourth-order valence-electron chi connectivity index (χ4n) is 0.973. The van der Waals surface area contributed by atoms with E-state index < -0.39 is 5.97 Å². The number of carbonyl (C=O) groups is 2. The lowest BCUT2D eigenvalue weighted by atomic mass is 10.1. The Kier molecular flexibility index (Phi) is 7.32. The molecular formula is C11H19NO3. The van der Waals surface area contributed by atoms with Crippen LogP contribution in [0, 0.1) is 5.92 Å². The quantitative estimate of drug-likeness (QED) is 0.631. The molecule has 0 saturated carbocycles. The molecule has 15 heavy (non-hydrogen) atoms. The van der Waals surface area contributed by atoms with Gasteiger partial charge in [-0.15, -0.1) is 0 Å². The number of carboxylic acid groups (broad SMARTS) is 1. The molecule has 4 nitrogen and oxygen atoms in total. The molecule has 1 amide bonds. The summed E-state index contributed by atoms with van der Waals surface area (Å²) >= 11 is 0. The fourth-order valence-corrected chi connectivity index (χ4v) is 0.973. The highest BCUT2D eigenvalue weighted by atomic mass is 16.4. The van der Waals surface area contributed by atoms with Gasteiger partial charge in [0.25, 0.3) is 0 Å². The summed E-state index contributed by atoms with van der Waals surface area (Å²) in [6, 6.07) is 0. The summed E-state index contributed by atoms with van der Waals surface area (Å²) in [7, 11) is 0. The van der Waals surface area contributed by atoms with Gasteiger partial charge in [0, 0.05) is 13.0 Å². The van der Waals surface area contributed by atoms with Crippen molar-refractivity contribution in [1.29, 1.82) is 0 Å². The highest BCUT2D eigenvalue weighted by molar-refractivity contribution is 5.76. The molecule has 0 radical (unpaired) electrons. The topological polar surface area (TPSA) is 66.4 Å². The summed E-state index contributed by atoms with van der Waals surface area (Å²) < 4.78 is 0. The Bertz CT molecular complexity index is 236. The molecular weight excluding hydrogens is 194 g/mol. The van der Waals surface area contributed by atoms with Gasteiger partial charge in [-0.1, -0.05) is 32.4 Å². The average Bonchev–Trinajstić information content (AvgIpc) is 2.16. The highest BCUT2D eigenvalue weighted by Gasteiger charge is 2.05. The van der Waals surface area contributed by atoms with Crippen LogP contribution in [0.3, 0.4) is 0 Å². The standard InChI is InChI=1S/C11H19NO3/c1-3-9(2)8-10(13)12-7-5-4-6-11(14)15/h4-5,9H,3,6-8H2,1-2H3,(H,12,13)(H,14,15)/b5-4+. The van der Waals surface area contributed by atoms with E-state index in [1.807, 2.05) is 13.8 Å². The maximum absolute atomic E-state index is 11.2. The van der Waals surface area contributed by atoms with Crippen molar-refractivity contribution in [3.05, 3.63) is 12.2 Å². The van der Waals surface area contributed by atoms with Crippen molar-refractivity contribution in [2.24, 2.45) is 5.92 Å². The van der Waals surface area contributed by atoms with Crippen molar-refractivity contribution in [1.82, 2.24) is 5.32 Å². The Morgan fingerprint density at radius 1 is 1.40 bits per heavy atom. The van der Waals surface area contributed by atoms with Gasteiger partial charge in [-0.05, 0) is 5.92 Å². The molecule has 0 aromatic carbocycles. The largest absolute Gasteiger partial charge is 0.481 e. The monoisotopic (exact) mass is 213 g/mol. The minimum Gasteiger partial charge on any atom is -0.481 e. The lowest BCUT2D eigenvalue weighted by molar-refractivity contribution is -0.136. The average molecular weight is 213 g/mol. The molecule has 0 aromatic heterocycles. The van der Waals surface area contributed by atoms with Crippen molar-refractivity contribution in [2.75, 3.05) is 6.54 Å². The predicted octanol–water partition coefficient (Wildman–Crippen LogP) is 1.57. The van der Waals surface area contributed by atoms with E-state index in [2.05, 4.69) is 5.32 Å². The first-order chi connectivity index (χ1) is 7.06. The van der Waals surface area contributed by atoms with Crippen LogP contribution < -0.4 is 5.32 Å². The van der Waals surface area contributed by atoms with E-state index in [1.165, 1.54) is 6.08 Å². The van der Waals surface area contributed by atoms with Gasteiger partial charge in [-0.2, -0.15) is 0 Å². The number of carbonyl (C=O) groups excluding carboxylic acids is 1. The Balaban J connectivity index is 3.54. The van der Waals surface area contributed by atoms with Crippen LogP contribution in [0.5, 0.6) is 0 Å². The van der Waals surface area contributed by atoms with E-state index in [0.717, 1.165) is 6.42 Å². The molecule has 4 heteroatoms. The van der Waals surface area contributed by atoms with E-state index in [4.69, 9.17) is 5.11 Å². The third kappa shape index (κ3) is 9.00. The zero-order valence-corrected chi connectivity index (χ0v) is 9.32. The zero-order chi connectivity index (χ0) is 11.7. The number of aliphatic carboxylic acids is 1. The van der Waals surface area contributed by atoms with E-state index in [0.29, 0.717) is 18.9 Å². The van der Waals surface area contributed by atoms with Gasteiger partial charge in [0.2, 0.25) is 5.91 Å². The third-order valence-electron chi connectivity index (χ3n) is 2.11. The predicted molar refractivity (Wildman–Crippen MR) is 58.5 cm³/mol. The van der Waals surface area contributed by atoms with Gasteiger partial charge in [-0.25, -0.2) is 0 Å². The summed E-state index contributed by atoms with van der Waals surface area (Å²) in [5.74, 6) is -0.450. The van der Waals surface area contributed by atoms with E-state index in [9.17, 15) is 9.59 Å². The first-order valence-corrected chi connectivity index (χ1v) is 5.19. The fraction of sp³-hybridized carbons (Fsp3) is 0.636. The van der Waals surface area contributed by atoms with Crippen molar-refractivity contribution in [3.63, 3.8) is 0 Å². The molecule has 1 unspecified atom stereocenters. The van der Waals surface area contributed by atoms with Gasteiger partial charge >= 0.3 is 5.97 Å². The Hall–Kier alpha value is -1.32. The van der Waals surface area contributed by atoms with Crippen LogP contribution >= 0.6 is 0 Å². The van der Waals surface area contributed by atoms with Gasteiger partial charge in [-0.3, -0.25) is 9.59 Å². The van der Waals surface area contributed by atoms with Gasteiger partial charge in [0.1, 0.15) is 0 Å². The molecule has 0 aliphatic carbocycles. The maximum atomic E-state index is 11.2. The Labute approximate surface area is 90.4 Å². The molecule has 1 atom stereocenters. The second kappa shape index (κ2) is 8.03. The molecule has 0 saturated heterocycles. The summed E-state index contributed by atoms with van der Waals surface area (Å²) in [5, 5.41) is 11.0. The summed E-state index contributed by atoms with van der Waals surface area (Å²) in [5.41, 5.74) is 0. The van der Waals surface area contributed by atoms with Crippen LogP contribution in [0.2, 0.25) is 0 Å². The number of hydrogen-bond donors (Lipinski definition) is 2. The normalized spacial score (nSPS) is 12.7. The van der Waals surface area contributed by atoms with E-state index in [-0.39, 0.29) is 12.3 Å². The van der Waals surface area contributed by atoms with Crippen LogP contribution in [-0.4, -0.2) is 23.5 Å². The second-order valence-corrected chi connectivity index (χ2v) is 3.59. The third-order valence-corrected chi connectivity index (χ3v) is 2.11. The van der Waals surface area contributed by atoms with Crippen LogP contribution in [-0.2, 0) is 9.59 Å². The van der Waals surface area contributed by atoms with Crippen LogP contribution in [0.15, 0.2) is 12.2 Å². The number of hydrogen-bond acceptors (Lipinski definition) is 2. The minimum atomic E-state index is -0.864. The zero-order valence-electron chi connectivity index (χ0n) is 9.32. The molecule has 0 rings (SSSR count). The lowest BCUT2D eigenvalue weighted by Gasteiger charge is -2.07. The van der Waals surface area contributed by atoms with Crippen LogP contribution in [0.25, 0.3) is 0 Å².